The number of rotatable bonds is 74. The van der Waals surface area contributed by atoms with Crippen molar-refractivity contribution in [2.75, 3.05) is 39.6 Å². The van der Waals surface area contributed by atoms with E-state index >= 15 is 0 Å². The van der Waals surface area contributed by atoms with Gasteiger partial charge < -0.3 is 33.8 Å². The average Bonchev–Trinajstić information content (AvgIpc) is 3.36. The van der Waals surface area contributed by atoms with Crippen molar-refractivity contribution < 1.29 is 80.2 Å². The summed E-state index contributed by atoms with van der Waals surface area (Å²) >= 11 is 0. The molecule has 0 aliphatic heterocycles. The van der Waals surface area contributed by atoms with Crippen LogP contribution in [0.25, 0.3) is 0 Å². The summed E-state index contributed by atoms with van der Waals surface area (Å²) < 4.78 is 68.5. The first-order chi connectivity index (χ1) is 45.0. The van der Waals surface area contributed by atoms with E-state index in [1.807, 2.05) is 0 Å². The summed E-state index contributed by atoms with van der Waals surface area (Å²) in [6.45, 7) is 7.30. The maximum atomic E-state index is 13.1. The van der Waals surface area contributed by atoms with Gasteiger partial charge in [-0.3, -0.25) is 37.3 Å². The molecule has 0 aromatic heterocycles. The lowest BCUT2D eigenvalue weighted by Crippen LogP contribution is -2.30. The van der Waals surface area contributed by atoms with Crippen molar-refractivity contribution >= 4 is 39.5 Å². The molecule has 0 amide bonds. The van der Waals surface area contributed by atoms with Crippen LogP contribution in [0.2, 0.25) is 0 Å². The molecule has 0 rings (SSSR count). The zero-order valence-corrected chi connectivity index (χ0v) is 62.2. The number of hydrogen-bond donors (Lipinski definition) is 3. The lowest BCUT2D eigenvalue weighted by atomic mass is 10.0. The highest BCUT2D eigenvalue weighted by atomic mass is 31.2. The van der Waals surface area contributed by atoms with Gasteiger partial charge in [0.2, 0.25) is 0 Å². The first kappa shape index (κ1) is 91.1. The predicted octanol–water partition coefficient (Wildman–Crippen LogP) is 21.7. The molecule has 0 spiro atoms. The van der Waals surface area contributed by atoms with Gasteiger partial charge in [0.05, 0.1) is 26.4 Å². The van der Waals surface area contributed by atoms with Gasteiger partial charge in [-0.15, -0.1) is 0 Å². The maximum Gasteiger partial charge on any atom is 0.472 e. The Hall–Kier alpha value is -1.94. The van der Waals surface area contributed by atoms with Gasteiger partial charge in [0.1, 0.15) is 19.3 Å². The molecule has 0 bridgehead atoms. The lowest BCUT2D eigenvalue weighted by molar-refractivity contribution is -0.161. The van der Waals surface area contributed by atoms with E-state index in [0.29, 0.717) is 25.7 Å². The van der Waals surface area contributed by atoms with Crippen LogP contribution in [-0.4, -0.2) is 96.7 Å². The summed E-state index contributed by atoms with van der Waals surface area (Å²) in [6.07, 6.45) is 55.2. The Morgan fingerprint density at radius 2 is 0.495 bits per heavy atom. The molecule has 0 aromatic rings. The molecule has 0 radical (unpaired) electrons. The first-order valence-corrected chi connectivity index (χ1v) is 41.6. The summed E-state index contributed by atoms with van der Waals surface area (Å²) in [5.41, 5.74) is 0. The molecule has 0 heterocycles. The normalized spacial score (nSPS) is 14.0. The molecule has 0 fully saturated rings. The third-order valence-corrected chi connectivity index (χ3v) is 19.2. The fourth-order valence-electron chi connectivity index (χ4n) is 11.4. The summed E-state index contributed by atoms with van der Waals surface area (Å²) in [5, 5.41) is 10.6. The summed E-state index contributed by atoms with van der Waals surface area (Å²) in [4.78, 5) is 72.7. The Labute approximate surface area is 568 Å². The molecule has 3 N–H and O–H groups in total. The van der Waals surface area contributed by atoms with E-state index in [2.05, 4.69) is 34.6 Å². The van der Waals surface area contributed by atoms with Crippen LogP contribution < -0.4 is 0 Å². The minimum absolute atomic E-state index is 0.108. The minimum atomic E-state index is -4.95. The topological polar surface area (TPSA) is 237 Å². The molecule has 0 aromatic carbocycles. The zero-order chi connectivity index (χ0) is 68.4. The molecule has 5 atom stereocenters. The number of unbranched alkanes of at least 4 members (excludes halogenated alkanes) is 46. The molecular weight excluding hydrogens is 1220 g/mol. The van der Waals surface area contributed by atoms with E-state index in [0.717, 1.165) is 95.8 Å². The van der Waals surface area contributed by atoms with Gasteiger partial charge in [0.15, 0.2) is 12.2 Å². The van der Waals surface area contributed by atoms with Gasteiger partial charge in [-0.05, 0) is 31.6 Å². The largest absolute Gasteiger partial charge is 0.472 e. The number of carbonyl (C=O) groups is 4. The number of esters is 4. The zero-order valence-electron chi connectivity index (χ0n) is 60.4. The molecule has 17 nitrogen and oxygen atoms in total. The number of hydrogen-bond acceptors (Lipinski definition) is 15. The standard InChI is InChI=1S/C74H144O17P2/c1-6-9-12-15-18-21-24-27-33-38-43-48-53-58-72(77)85-64-70(91-74(79)60-55-50-45-40-35-30-26-29-32-36-41-46-51-56-67(4)5)66-89-93(82,83)87-62-68(75)61-86-92(80,81)88-65-69(63-84-71(76)57-52-47-42-37-31-23-20-17-14-11-8-3)90-73(78)59-54-49-44-39-34-28-25-22-19-16-13-10-7-2/h67-70,75H,6-66H2,1-5H3,(H,80,81)(H,82,83)/t68-,69+,70+/m0/s1. The molecule has 0 saturated carbocycles. The summed E-state index contributed by atoms with van der Waals surface area (Å²) in [7, 11) is -9.91. The molecular formula is C74H144O17P2. The van der Waals surface area contributed by atoms with Gasteiger partial charge in [-0.2, -0.15) is 0 Å². The second-order valence-electron chi connectivity index (χ2n) is 27.2. The predicted molar refractivity (Wildman–Crippen MR) is 377 cm³/mol. The van der Waals surface area contributed by atoms with E-state index in [1.54, 1.807) is 0 Å². The highest BCUT2D eigenvalue weighted by Gasteiger charge is 2.30. The van der Waals surface area contributed by atoms with Gasteiger partial charge in [-0.1, -0.05) is 336 Å². The van der Waals surface area contributed by atoms with E-state index in [4.69, 9.17) is 37.0 Å². The number of carbonyl (C=O) groups excluding carboxylic acids is 4. The molecule has 0 aliphatic rings. The SMILES string of the molecule is CCCCCCCCCCCCCCCC(=O)OC[C@H](COP(=O)(O)OC[C@@H](O)COP(=O)(O)OC[C@@H](COC(=O)CCCCCCCCCCCCC)OC(=O)CCCCCCCCCCCCCCC)OC(=O)CCCCCCCCCCCCCCCC(C)C. The van der Waals surface area contributed by atoms with Crippen LogP contribution in [0.15, 0.2) is 0 Å². The Balaban J connectivity index is 5.25. The quantitative estimate of drug-likeness (QED) is 0.0222. The monoisotopic (exact) mass is 1370 g/mol. The minimum Gasteiger partial charge on any atom is -0.462 e. The molecule has 19 heteroatoms. The highest BCUT2D eigenvalue weighted by molar-refractivity contribution is 7.47. The maximum absolute atomic E-state index is 13.1. The van der Waals surface area contributed by atoms with Crippen molar-refractivity contribution in [3.63, 3.8) is 0 Å². The number of phosphoric acid groups is 2. The number of aliphatic hydroxyl groups is 1. The third-order valence-electron chi connectivity index (χ3n) is 17.3. The second kappa shape index (κ2) is 67.3. The number of aliphatic hydroxyl groups excluding tert-OH is 1. The Bertz CT molecular complexity index is 1790. The number of ether oxygens (including phenoxy) is 4. The Kier molecular flexibility index (Phi) is 65.9. The van der Waals surface area contributed by atoms with Crippen molar-refractivity contribution in [1.82, 2.24) is 0 Å². The van der Waals surface area contributed by atoms with Gasteiger partial charge in [-0.25, -0.2) is 9.13 Å². The van der Waals surface area contributed by atoms with E-state index in [9.17, 15) is 43.2 Å². The highest BCUT2D eigenvalue weighted by Crippen LogP contribution is 2.45. The van der Waals surface area contributed by atoms with Crippen LogP contribution in [0, 0.1) is 5.92 Å². The van der Waals surface area contributed by atoms with Crippen molar-refractivity contribution in [1.29, 1.82) is 0 Å². The van der Waals surface area contributed by atoms with E-state index < -0.39 is 97.5 Å². The Morgan fingerprint density at radius 3 is 0.731 bits per heavy atom. The van der Waals surface area contributed by atoms with E-state index in [-0.39, 0.29) is 25.7 Å². The van der Waals surface area contributed by atoms with Crippen LogP contribution in [0.5, 0.6) is 0 Å². The molecule has 2 unspecified atom stereocenters. The summed E-state index contributed by atoms with van der Waals surface area (Å²) in [5.74, 6) is -1.33. The molecule has 552 valence electrons. The van der Waals surface area contributed by atoms with Crippen LogP contribution in [0.1, 0.15) is 388 Å². The van der Waals surface area contributed by atoms with Crippen LogP contribution in [0.3, 0.4) is 0 Å². The fourth-order valence-corrected chi connectivity index (χ4v) is 12.9. The smallest absolute Gasteiger partial charge is 0.462 e. The van der Waals surface area contributed by atoms with Crippen LogP contribution in [-0.2, 0) is 65.4 Å². The Morgan fingerprint density at radius 1 is 0.290 bits per heavy atom. The lowest BCUT2D eigenvalue weighted by Gasteiger charge is -2.21. The fraction of sp³-hybridized carbons (Fsp3) is 0.946. The van der Waals surface area contributed by atoms with Gasteiger partial charge in [0, 0.05) is 25.7 Å². The van der Waals surface area contributed by atoms with Crippen molar-refractivity contribution in [2.45, 2.75) is 406 Å². The molecule has 0 saturated heterocycles. The van der Waals surface area contributed by atoms with Crippen molar-refractivity contribution in [3.8, 4) is 0 Å². The van der Waals surface area contributed by atoms with Gasteiger partial charge in [0.25, 0.3) is 0 Å². The molecule has 0 aliphatic carbocycles. The number of phosphoric ester groups is 2. The van der Waals surface area contributed by atoms with Crippen LogP contribution >= 0.6 is 15.6 Å². The average molecular weight is 1370 g/mol. The van der Waals surface area contributed by atoms with Crippen molar-refractivity contribution in [3.05, 3.63) is 0 Å². The summed E-state index contributed by atoms with van der Waals surface area (Å²) in [6, 6.07) is 0. The third kappa shape index (κ3) is 68.4. The van der Waals surface area contributed by atoms with E-state index in [1.165, 1.54) is 212 Å². The van der Waals surface area contributed by atoms with Crippen molar-refractivity contribution in [2.24, 2.45) is 5.92 Å². The second-order valence-corrected chi connectivity index (χ2v) is 30.1. The molecule has 93 heavy (non-hydrogen) atoms. The van der Waals surface area contributed by atoms with Gasteiger partial charge >= 0.3 is 39.5 Å². The van der Waals surface area contributed by atoms with Crippen LogP contribution in [0.4, 0.5) is 0 Å². The first-order valence-electron chi connectivity index (χ1n) is 38.6.